The Balaban J connectivity index is 1.83. The normalized spacial score (nSPS) is 10.3. The number of nitrogens with one attached hydrogen (secondary N) is 1. The first-order valence-corrected chi connectivity index (χ1v) is 7.52. The molecule has 0 atom stereocenters. The van der Waals surface area contributed by atoms with Gasteiger partial charge in [-0.05, 0) is 41.3 Å². The van der Waals surface area contributed by atoms with Crippen molar-refractivity contribution in [2.45, 2.75) is 19.8 Å². The van der Waals surface area contributed by atoms with Crippen LogP contribution >= 0.6 is 15.9 Å². The van der Waals surface area contributed by atoms with E-state index < -0.39 is 0 Å². The quantitative estimate of drug-likeness (QED) is 0.784. The summed E-state index contributed by atoms with van der Waals surface area (Å²) in [5.41, 5.74) is 1.33. The zero-order valence-electron chi connectivity index (χ0n) is 11.5. The van der Waals surface area contributed by atoms with E-state index in [1.807, 2.05) is 13.0 Å². The maximum Gasteiger partial charge on any atom is 0.232 e. The Bertz CT molecular complexity index is 534. The van der Waals surface area contributed by atoms with Crippen LogP contribution in [0.25, 0.3) is 0 Å². The van der Waals surface area contributed by atoms with Crippen LogP contribution in [0.1, 0.15) is 18.9 Å². The topological polar surface area (TPSA) is 47.0 Å². The van der Waals surface area contributed by atoms with Crippen LogP contribution in [0, 0.1) is 0 Å². The smallest absolute Gasteiger partial charge is 0.232 e. The number of rotatable bonds is 7. The Hall–Kier alpha value is -1.62. The summed E-state index contributed by atoms with van der Waals surface area (Å²) in [6.07, 6.45) is 3.66. The van der Waals surface area contributed by atoms with Gasteiger partial charge in [0, 0.05) is 6.54 Å². The second-order valence-corrected chi connectivity index (χ2v) is 5.17. The van der Waals surface area contributed by atoms with E-state index in [0.717, 1.165) is 23.9 Å². The molecular formula is C15H18BrN3O. The minimum atomic E-state index is 0.587. The molecule has 1 heterocycles. The Morgan fingerprint density at radius 1 is 1.25 bits per heavy atom. The molecule has 0 bridgehead atoms. The number of aromatic nitrogens is 2. The second kappa shape index (κ2) is 7.85. The second-order valence-electron chi connectivity index (χ2n) is 4.31. The van der Waals surface area contributed by atoms with Crippen LogP contribution in [0.3, 0.4) is 0 Å². The fourth-order valence-electron chi connectivity index (χ4n) is 1.79. The largest absolute Gasteiger partial charge is 0.477 e. The SMILES string of the molecule is CCNc1ncc(Br)c(OCCCc2ccccc2)n1. The van der Waals surface area contributed by atoms with Crippen molar-refractivity contribution in [2.24, 2.45) is 0 Å². The maximum atomic E-state index is 5.71. The van der Waals surface area contributed by atoms with Crippen molar-refractivity contribution in [2.75, 3.05) is 18.5 Å². The van der Waals surface area contributed by atoms with Crippen molar-refractivity contribution >= 4 is 21.9 Å². The Morgan fingerprint density at radius 3 is 2.80 bits per heavy atom. The lowest BCUT2D eigenvalue weighted by molar-refractivity contribution is 0.297. The van der Waals surface area contributed by atoms with Crippen LogP contribution in [0.15, 0.2) is 41.0 Å². The first-order valence-electron chi connectivity index (χ1n) is 6.72. The highest BCUT2D eigenvalue weighted by Gasteiger charge is 2.05. The van der Waals surface area contributed by atoms with E-state index in [-0.39, 0.29) is 0 Å². The van der Waals surface area contributed by atoms with Gasteiger partial charge in [0.25, 0.3) is 0 Å². The lowest BCUT2D eigenvalue weighted by atomic mass is 10.1. The average Bonchev–Trinajstić information content (AvgIpc) is 2.48. The molecule has 0 aliphatic heterocycles. The summed E-state index contributed by atoms with van der Waals surface area (Å²) in [5.74, 6) is 1.18. The summed E-state index contributed by atoms with van der Waals surface area (Å²) < 4.78 is 6.48. The summed E-state index contributed by atoms with van der Waals surface area (Å²) in [6.45, 7) is 3.43. The zero-order chi connectivity index (χ0) is 14.2. The molecule has 0 unspecified atom stereocenters. The van der Waals surface area contributed by atoms with E-state index >= 15 is 0 Å². The standard InChI is InChI=1S/C15H18BrN3O/c1-2-17-15-18-11-13(16)14(19-15)20-10-6-9-12-7-4-3-5-8-12/h3-5,7-8,11H,2,6,9-10H2,1H3,(H,17,18,19). The molecule has 0 saturated carbocycles. The summed E-state index contributed by atoms with van der Waals surface area (Å²) in [6, 6.07) is 10.4. The number of benzene rings is 1. The average molecular weight is 336 g/mol. The van der Waals surface area contributed by atoms with Gasteiger partial charge in [0.05, 0.1) is 17.3 Å². The van der Waals surface area contributed by atoms with Gasteiger partial charge in [0.2, 0.25) is 11.8 Å². The van der Waals surface area contributed by atoms with E-state index in [1.165, 1.54) is 5.56 Å². The minimum Gasteiger partial charge on any atom is -0.477 e. The number of halogens is 1. The third-order valence-corrected chi connectivity index (χ3v) is 3.28. The molecular weight excluding hydrogens is 318 g/mol. The molecule has 1 aromatic heterocycles. The lowest BCUT2D eigenvalue weighted by Crippen LogP contribution is -2.06. The monoisotopic (exact) mass is 335 g/mol. The van der Waals surface area contributed by atoms with Crippen molar-refractivity contribution in [3.8, 4) is 5.88 Å². The van der Waals surface area contributed by atoms with Gasteiger partial charge in [-0.15, -0.1) is 0 Å². The van der Waals surface area contributed by atoms with Gasteiger partial charge in [-0.25, -0.2) is 4.98 Å². The predicted molar refractivity (Wildman–Crippen MR) is 84.2 cm³/mol. The van der Waals surface area contributed by atoms with Crippen molar-refractivity contribution in [1.82, 2.24) is 9.97 Å². The molecule has 106 valence electrons. The highest BCUT2D eigenvalue weighted by molar-refractivity contribution is 9.10. The number of ether oxygens (including phenoxy) is 1. The van der Waals surface area contributed by atoms with Gasteiger partial charge in [0.15, 0.2) is 0 Å². The molecule has 0 aliphatic carbocycles. The van der Waals surface area contributed by atoms with Gasteiger partial charge in [-0.3, -0.25) is 0 Å². The van der Waals surface area contributed by atoms with E-state index in [2.05, 4.69) is 55.5 Å². The first kappa shape index (κ1) is 14.8. The summed E-state index contributed by atoms with van der Waals surface area (Å²) in [5, 5.41) is 3.07. The van der Waals surface area contributed by atoms with Crippen molar-refractivity contribution < 1.29 is 4.74 Å². The summed E-state index contributed by atoms with van der Waals surface area (Å²) in [4.78, 5) is 8.47. The predicted octanol–water partition coefficient (Wildman–Crippen LogP) is 3.68. The highest BCUT2D eigenvalue weighted by atomic mass is 79.9. The van der Waals surface area contributed by atoms with Gasteiger partial charge in [-0.2, -0.15) is 4.98 Å². The number of nitrogens with zero attached hydrogens (tertiary/aromatic N) is 2. The third-order valence-electron chi connectivity index (χ3n) is 2.74. The van der Waals surface area contributed by atoms with Crippen molar-refractivity contribution in [3.05, 3.63) is 46.6 Å². The van der Waals surface area contributed by atoms with Crippen LogP contribution < -0.4 is 10.1 Å². The number of aryl methyl sites for hydroxylation is 1. The van der Waals surface area contributed by atoms with Crippen molar-refractivity contribution in [3.63, 3.8) is 0 Å². The molecule has 1 N–H and O–H groups in total. The molecule has 0 saturated heterocycles. The van der Waals surface area contributed by atoms with Crippen LogP contribution in [-0.4, -0.2) is 23.1 Å². The molecule has 0 fully saturated rings. The van der Waals surface area contributed by atoms with Crippen LogP contribution in [-0.2, 0) is 6.42 Å². The fourth-order valence-corrected chi connectivity index (χ4v) is 2.09. The molecule has 2 aromatic rings. The fraction of sp³-hybridized carbons (Fsp3) is 0.333. The molecule has 20 heavy (non-hydrogen) atoms. The van der Waals surface area contributed by atoms with E-state index in [9.17, 15) is 0 Å². The first-order chi connectivity index (χ1) is 9.79. The van der Waals surface area contributed by atoms with Gasteiger partial charge in [-0.1, -0.05) is 30.3 Å². The molecule has 4 nitrogen and oxygen atoms in total. The Labute approximate surface area is 127 Å². The highest BCUT2D eigenvalue weighted by Crippen LogP contribution is 2.22. The summed E-state index contributed by atoms with van der Waals surface area (Å²) in [7, 11) is 0. The van der Waals surface area contributed by atoms with E-state index in [1.54, 1.807) is 6.20 Å². The summed E-state index contributed by atoms with van der Waals surface area (Å²) >= 11 is 3.40. The van der Waals surface area contributed by atoms with Gasteiger partial charge < -0.3 is 10.1 Å². The molecule has 2 rings (SSSR count). The molecule has 1 aromatic carbocycles. The van der Waals surface area contributed by atoms with Crippen molar-refractivity contribution in [1.29, 1.82) is 0 Å². The van der Waals surface area contributed by atoms with Gasteiger partial charge >= 0.3 is 0 Å². The Morgan fingerprint density at radius 2 is 2.05 bits per heavy atom. The maximum absolute atomic E-state index is 5.71. The third kappa shape index (κ3) is 4.49. The van der Waals surface area contributed by atoms with Crippen LogP contribution in [0.5, 0.6) is 5.88 Å². The van der Waals surface area contributed by atoms with Crippen LogP contribution in [0.4, 0.5) is 5.95 Å². The molecule has 0 amide bonds. The zero-order valence-corrected chi connectivity index (χ0v) is 13.1. The lowest BCUT2D eigenvalue weighted by Gasteiger charge is -2.09. The molecule has 0 spiro atoms. The minimum absolute atomic E-state index is 0.587. The molecule has 0 radical (unpaired) electrons. The molecule has 5 heteroatoms. The van der Waals surface area contributed by atoms with Gasteiger partial charge in [0.1, 0.15) is 0 Å². The van der Waals surface area contributed by atoms with Crippen LogP contribution in [0.2, 0.25) is 0 Å². The number of hydrogen-bond acceptors (Lipinski definition) is 4. The Kier molecular flexibility index (Phi) is 5.80. The van der Waals surface area contributed by atoms with E-state index in [0.29, 0.717) is 18.4 Å². The molecule has 0 aliphatic rings. The number of anilines is 1. The number of hydrogen-bond donors (Lipinski definition) is 1. The van der Waals surface area contributed by atoms with E-state index in [4.69, 9.17) is 4.74 Å².